The highest BCUT2D eigenvalue weighted by atomic mass is 35.5. The van der Waals surface area contributed by atoms with Crippen molar-refractivity contribution in [2.45, 2.75) is 32.7 Å². The molecule has 0 saturated carbocycles. The molecule has 0 radical (unpaired) electrons. The number of piperidine rings is 1. The molecule has 2 unspecified atom stereocenters. The monoisotopic (exact) mass is 284 g/mol. The van der Waals surface area contributed by atoms with Crippen molar-refractivity contribution >= 4 is 17.3 Å². The predicted octanol–water partition coefficient (Wildman–Crippen LogP) is 4.01. The second kappa shape index (κ2) is 6.58. The highest BCUT2D eigenvalue weighted by molar-refractivity contribution is 6.31. The summed E-state index contributed by atoms with van der Waals surface area (Å²) in [6.07, 6.45) is 2.43. The lowest BCUT2D eigenvalue weighted by molar-refractivity contribution is 0.172. The molecule has 0 bridgehead atoms. The molecule has 1 aromatic rings. The van der Waals surface area contributed by atoms with Crippen LogP contribution < -0.4 is 5.32 Å². The van der Waals surface area contributed by atoms with Gasteiger partial charge in [0.05, 0.1) is 10.7 Å². The van der Waals surface area contributed by atoms with Gasteiger partial charge in [0.2, 0.25) is 0 Å². The molecule has 1 aliphatic rings. The average molecular weight is 285 g/mol. The van der Waals surface area contributed by atoms with Crippen LogP contribution in [0.4, 0.5) is 10.1 Å². The van der Waals surface area contributed by atoms with Gasteiger partial charge in [0.15, 0.2) is 5.82 Å². The zero-order valence-corrected chi connectivity index (χ0v) is 12.4. The third kappa shape index (κ3) is 3.61. The Hall–Kier alpha value is -0.800. The van der Waals surface area contributed by atoms with Crippen molar-refractivity contribution in [1.82, 2.24) is 4.90 Å². The first kappa shape index (κ1) is 14.6. The third-order valence-electron chi connectivity index (χ3n) is 4.03. The summed E-state index contributed by atoms with van der Waals surface area (Å²) in [5, 5.41) is 3.46. The Morgan fingerprint density at radius 3 is 3.05 bits per heavy atom. The van der Waals surface area contributed by atoms with Crippen LogP contribution in [0.2, 0.25) is 5.02 Å². The minimum atomic E-state index is -0.348. The van der Waals surface area contributed by atoms with Gasteiger partial charge in [-0.05, 0) is 50.9 Å². The van der Waals surface area contributed by atoms with Crippen molar-refractivity contribution in [3.8, 4) is 0 Å². The Bertz CT molecular complexity index is 425. The van der Waals surface area contributed by atoms with E-state index in [4.69, 9.17) is 11.6 Å². The SMILES string of the molecule is CCN1CCCC(C(C)Nc2cccc(Cl)c2F)C1. The smallest absolute Gasteiger partial charge is 0.164 e. The first-order chi connectivity index (χ1) is 9.11. The first-order valence-electron chi connectivity index (χ1n) is 7.04. The molecule has 1 heterocycles. The predicted molar refractivity (Wildman–Crippen MR) is 79.3 cm³/mol. The van der Waals surface area contributed by atoms with E-state index in [0.717, 1.165) is 13.1 Å². The van der Waals surface area contributed by atoms with Crippen LogP contribution >= 0.6 is 11.6 Å². The quantitative estimate of drug-likeness (QED) is 0.899. The van der Waals surface area contributed by atoms with Crippen LogP contribution in [0.5, 0.6) is 0 Å². The van der Waals surface area contributed by atoms with Crippen molar-refractivity contribution in [3.05, 3.63) is 29.0 Å². The van der Waals surface area contributed by atoms with E-state index in [0.29, 0.717) is 11.6 Å². The summed E-state index contributed by atoms with van der Waals surface area (Å²) in [6.45, 7) is 7.69. The third-order valence-corrected chi connectivity index (χ3v) is 4.32. The molecule has 2 atom stereocenters. The van der Waals surface area contributed by atoms with E-state index in [9.17, 15) is 4.39 Å². The molecule has 4 heteroatoms. The maximum atomic E-state index is 13.9. The number of benzene rings is 1. The summed E-state index contributed by atoms with van der Waals surface area (Å²) in [7, 11) is 0. The molecule has 2 rings (SSSR count). The number of halogens is 2. The lowest BCUT2D eigenvalue weighted by Crippen LogP contribution is -2.41. The maximum Gasteiger partial charge on any atom is 0.164 e. The normalized spacial score (nSPS) is 22.2. The largest absolute Gasteiger partial charge is 0.380 e. The van der Waals surface area contributed by atoms with Gasteiger partial charge in [-0.2, -0.15) is 0 Å². The number of nitrogens with one attached hydrogen (secondary N) is 1. The van der Waals surface area contributed by atoms with Gasteiger partial charge >= 0.3 is 0 Å². The molecule has 0 aliphatic carbocycles. The van der Waals surface area contributed by atoms with Crippen molar-refractivity contribution in [3.63, 3.8) is 0 Å². The fourth-order valence-corrected chi connectivity index (χ4v) is 2.94. The van der Waals surface area contributed by atoms with Gasteiger partial charge in [0.1, 0.15) is 0 Å². The minimum Gasteiger partial charge on any atom is -0.380 e. The summed E-state index contributed by atoms with van der Waals surface area (Å²) in [5.41, 5.74) is 0.508. The Balaban J connectivity index is 2.00. The molecule has 1 N–H and O–H groups in total. The van der Waals surface area contributed by atoms with Gasteiger partial charge in [0.25, 0.3) is 0 Å². The van der Waals surface area contributed by atoms with Crippen LogP contribution in [0.25, 0.3) is 0 Å². The van der Waals surface area contributed by atoms with Crippen LogP contribution in [0.3, 0.4) is 0 Å². The molecule has 1 aromatic carbocycles. The molecule has 0 spiro atoms. The van der Waals surface area contributed by atoms with E-state index in [2.05, 4.69) is 24.1 Å². The fourth-order valence-electron chi connectivity index (χ4n) is 2.77. The molecule has 1 fully saturated rings. The van der Waals surface area contributed by atoms with Gasteiger partial charge in [0, 0.05) is 12.6 Å². The van der Waals surface area contributed by atoms with Crippen LogP contribution in [-0.2, 0) is 0 Å². The molecule has 19 heavy (non-hydrogen) atoms. The average Bonchev–Trinajstić information content (AvgIpc) is 2.44. The van der Waals surface area contributed by atoms with E-state index in [-0.39, 0.29) is 16.9 Å². The van der Waals surface area contributed by atoms with Gasteiger partial charge in [-0.1, -0.05) is 24.6 Å². The summed E-state index contributed by atoms with van der Waals surface area (Å²) >= 11 is 5.81. The molecule has 1 saturated heterocycles. The van der Waals surface area contributed by atoms with E-state index < -0.39 is 0 Å². The lowest BCUT2D eigenvalue weighted by atomic mass is 9.91. The topological polar surface area (TPSA) is 15.3 Å². The number of anilines is 1. The van der Waals surface area contributed by atoms with Gasteiger partial charge in [-0.15, -0.1) is 0 Å². The second-order valence-electron chi connectivity index (χ2n) is 5.33. The number of rotatable bonds is 4. The van der Waals surface area contributed by atoms with E-state index >= 15 is 0 Å². The molecular formula is C15H22ClFN2. The summed E-state index contributed by atoms with van der Waals surface area (Å²) in [4.78, 5) is 2.46. The van der Waals surface area contributed by atoms with E-state index in [1.807, 2.05) is 0 Å². The fraction of sp³-hybridized carbons (Fsp3) is 0.600. The van der Waals surface area contributed by atoms with Crippen LogP contribution in [0.1, 0.15) is 26.7 Å². The highest BCUT2D eigenvalue weighted by Crippen LogP contribution is 2.26. The Morgan fingerprint density at radius 1 is 1.53 bits per heavy atom. The molecule has 106 valence electrons. The van der Waals surface area contributed by atoms with Gasteiger partial charge in [-0.3, -0.25) is 0 Å². The van der Waals surface area contributed by atoms with E-state index in [1.54, 1.807) is 18.2 Å². The highest BCUT2D eigenvalue weighted by Gasteiger charge is 2.24. The van der Waals surface area contributed by atoms with Crippen molar-refractivity contribution in [1.29, 1.82) is 0 Å². The van der Waals surface area contributed by atoms with Crippen molar-refractivity contribution in [2.24, 2.45) is 5.92 Å². The van der Waals surface area contributed by atoms with Crippen molar-refractivity contribution in [2.75, 3.05) is 25.0 Å². The van der Waals surface area contributed by atoms with Gasteiger partial charge in [-0.25, -0.2) is 4.39 Å². The van der Waals surface area contributed by atoms with Crippen LogP contribution in [0.15, 0.2) is 18.2 Å². The summed E-state index contributed by atoms with van der Waals surface area (Å²) in [6, 6.07) is 5.35. The Morgan fingerprint density at radius 2 is 2.32 bits per heavy atom. The zero-order chi connectivity index (χ0) is 13.8. The van der Waals surface area contributed by atoms with Gasteiger partial charge < -0.3 is 10.2 Å². The second-order valence-corrected chi connectivity index (χ2v) is 5.74. The molecular weight excluding hydrogens is 263 g/mol. The molecule has 0 aromatic heterocycles. The lowest BCUT2D eigenvalue weighted by Gasteiger charge is -2.35. The Kier molecular flexibility index (Phi) is 5.06. The number of hydrogen-bond acceptors (Lipinski definition) is 2. The molecule has 2 nitrogen and oxygen atoms in total. The van der Waals surface area contributed by atoms with Crippen molar-refractivity contribution < 1.29 is 4.39 Å². The summed E-state index contributed by atoms with van der Waals surface area (Å²) in [5.74, 6) is 0.214. The number of likely N-dealkylation sites (tertiary alicyclic amines) is 1. The number of hydrogen-bond donors (Lipinski definition) is 1. The Labute approximate surface area is 119 Å². The zero-order valence-electron chi connectivity index (χ0n) is 11.6. The molecule has 0 amide bonds. The molecule has 1 aliphatic heterocycles. The van der Waals surface area contributed by atoms with Crippen LogP contribution in [0, 0.1) is 11.7 Å². The number of nitrogens with zero attached hydrogens (tertiary/aromatic N) is 1. The first-order valence-corrected chi connectivity index (χ1v) is 7.42. The minimum absolute atomic E-state index is 0.177. The van der Waals surface area contributed by atoms with Crippen LogP contribution in [-0.4, -0.2) is 30.6 Å². The maximum absolute atomic E-state index is 13.9. The standard InChI is InChI=1S/C15H22ClFN2/c1-3-19-9-5-6-12(10-19)11(2)18-14-8-4-7-13(16)15(14)17/h4,7-8,11-12,18H,3,5-6,9-10H2,1-2H3. The summed E-state index contributed by atoms with van der Waals surface area (Å²) < 4.78 is 13.9. The van der Waals surface area contributed by atoms with E-state index in [1.165, 1.54) is 19.4 Å².